The van der Waals surface area contributed by atoms with Crippen LogP contribution in [0.5, 0.6) is 0 Å². The molecule has 14 nitrogen and oxygen atoms in total. The van der Waals surface area contributed by atoms with E-state index in [1.807, 2.05) is 0 Å². The Morgan fingerprint density at radius 2 is 0.905 bits per heavy atom. The topological polar surface area (TPSA) is 228 Å². The summed E-state index contributed by atoms with van der Waals surface area (Å²) in [7, 11) is 0. The predicted octanol–water partition coefficient (Wildman–Crippen LogP) is 6.61. The molecule has 0 saturated carbocycles. The SMILES string of the molecule is CCCCCCCCCCCCCCCCCCCCCCCCCCCC(O)C(COC1OC(CO)C(OC2OC(CO)C(O)C(O)C2O)C(O)C1O)NC(=O)CCCCCC. The van der Waals surface area contributed by atoms with Gasteiger partial charge in [-0.3, -0.25) is 4.79 Å². The number of ether oxygens (including phenoxy) is 4. The first-order valence-electron chi connectivity index (χ1n) is 25.8. The van der Waals surface area contributed by atoms with Crippen molar-refractivity contribution in [3.63, 3.8) is 0 Å². The molecule has 0 spiro atoms. The zero-order valence-electron chi connectivity index (χ0n) is 39.6. The number of aliphatic hydroxyl groups is 8. The third-order valence-corrected chi connectivity index (χ3v) is 13.1. The minimum Gasteiger partial charge on any atom is -0.394 e. The molecule has 2 heterocycles. The van der Waals surface area contributed by atoms with Crippen LogP contribution in [0.25, 0.3) is 0 Å². The van der Waals surface area contributed by atoms with Crippen molar-refractivity contribution in [2.45, 2.75) is 286 Å². The summed E-state index contributed by atoms with van der Waals surface area (Å²) in [6.07, 6.45) is 20.6. The fraction of sp³-hybridized carbons (Fsp3) is 0.980. The predicted molar refractivity (Wildman–Crippen MR) is 245 cm³/mol. The van der Waals surface area contributed by atoms with E-state index in [4.69, 9.17) is 18.9 Å². The number of rotatable bonds is 40. The molecule has 2 rings (SSSR count). The zero-order chi connectivity index (χ0) is 46.1. The van der Waals surface area contributed by atoms with Gasteiger partial charge in [-0.2, -0.15) is 0 Å². The van der Waals surface area contributed by atoms with Crippen molar-refractivity contribution in [2.24, 2.45) is 0 Å². The molecule has 0 aliphatic carbocycles. The summed E-state index contributed by atoms with van der Waals surface area (Å²) in [6.45, 7) is 2.73. The number of unbranched alkanes of at least 4 members (excludes halogenated alkanes) is 27. The largest absolute Gasteiger partial charge is 0.394 e. The first-order valence-corrected chi connectivity index (χ1v) is 25.8. The van der Waals surface area contributed by atoms with Gasteiger partial charge in [0.2, 0.25) is 5.91 Å². The Kier molecular flexibility index (Phi) is 34.2. The monoisotopic (exact) mass is 906 g/mol. The number of aliphatic hydroxyl groups excluding tert-OH is 8. The van der Waals surface area contributed by atoms with Crippen molar-refractivity contribution in [2.75, 3.05) is 19.8 Å². The summed E-state index contributed by atoms with van der Waals surface area (Å²) in [6, 6.07) is -0.818. The van der Waals surface area contributed by atoms with E-state index in [1.165, 1.54) is 135 Å². The molecular weight excluding hydrogens is 811 g/mol. The van der Waals surface area contributed by atoms with Gasteiger partial charge in [-0.1, -0.05) is 194 Å². The fourth-order valence-corrected chi connectivity index (χ4v) is 8.83. The van der Waals surface area contributed by atoms with Crippen molar-refractivity contribution in [1.82, 2.24) is 5.32 Å². The fourth-order valence-electron chi connectivity index (χ4n) is 8.83. The second-order valence-corrected chi connectivity index (χ2v) is 18.7. The highest BCUT2D eigenvalue weighted by Gasteiger charge is 2.51. The van der Waals surface area contributed by atoms with Crippen LogP contribution in [0.2, 0.25) is 0 Å². The summed E-state index contributed by atoms with van der Waals surface area (Å²) in [5, 5.41) is 86.4. The summed E-state index contributed by atoms with van der Waals surface area (Å²) in [4.78, 5) is 12.9. The molecule has 2 saturated heterocycles. The maximum Gasteiger partial charge on any atom is 0.220 e. The Hall–Kier alpha value is -1.01. The summed E-state index contributed by atoms with van der Waals surface area (Å²) in [5.41, 5.74) is 0. The van der Waals surface area contributed by atoms with Crippen LogP contribution >= 0.6 is 0 Å². The second-order valence-electron chi connectivity index (χ2n) is 18.7. The lowest BCUT2D eigenvalue weighted by Gasteiger charge is -2.46. The van der Waals surface area contributed by atoms with Gasteiger partial charge in [0.1, 0.15) is 48.8 Å². The Morgan fingerprint density at radius 1 is 0.508 bits per heavy atom. The smallest absolute Gasteiger partial charge is 0.220 e. The third kappa shape index (κ3) is 24.5. The quantitative estimate of drug-likeness (QED) is 0.0296. The van der Waals surface area contributed by atoms with Crippen molar-refractivity contribution < 1.29 is 64.6 Å². The molecule has 0 bridgehead atoms. The molecule has 2 aliphatic rings. The second kappa shape index (κ2) is 37.0. The van der Waals surface area contributed by atoms with E-state index in [9.17, 15) is 45.6 Å². The van der Waals surface area contributed by atoms with Crippen molar-refractivity contribution in [3.05, 3.63) is 0 Å². The van der Waals surface area contributed by atoms with E-state index in [2.05, 4.69) is 19.2 Å². The van der Waals surface area contributed by atoms with E-state index in [0.717, 1.165) is 44.9 Å². The van der Waals surface area contributed by atoms with Crippen LogP contribution in [-0.4, -0.2) is 140 Å². The molecule has 0 radical (unpaired) electrons. The highest BCUT2D eigenvalue weighted by Crippen LogP contribution is 2.30. The lowest BCUT2D eigenvalue weighted by atomic mass is 9.97. The van der Waals surface area contributed by atoms with Gasteiger partial charge in [-0.15, -0.1) is 0 Å². The van der Waals surface area contributed by atoms with Crippen LogP contribution in [0.4, 0.5) is 0 Å². The molecule has 2 fully saturated rings. The highest BCUT2D eigenvalue weighted by molar-refractivity contribution is 5.76. The van der Waals surface area contributed by atoms with E-state index in [0.29, 0.717) is 19.3 Å². The summed E-state index contributed by atoms with van der Waals surface area (Å²) in [5.74, 6) is -0.222. The normalized spacial score (nSPS) is 27.4. The average Bonchev–Trinajstić information content (AvgIpc) is 3.28. The molecule has 63 heavy (non-hydrogen) atoms. The average molecular weight is 906 g/mol. The Morgan fingerprint density at radius 3 is 1.35 bits per heavy atom. The van der Waals surface area contributed by atoms with Gasteiger partial charge in [-0.25, -0.2) is 0 Å². The number of carbonyl (C=O) groups is 1. The maximum atomic E-state index is 12.9. The minimum absolute atomic E-state index is 0.222. The molecular formula is C49H95NO13. The zero-order valence-corrected chi connectivity index (χ0v) is 39.6. The van der Waals surface area contributed by atoms with Crippen molar-refractivity contribution in [3.8, 4) is 0 Å². The van der Waals surface area contributed by atoms with E-state index >= 15 is 0 Å². The van der Waals surface area contributed by atoms with Gasteiger partial charge in [0, 0.05) is 6.42 Å². The van der Waals surface area contributed by atoms with E-state index in [-0.39, 0.29) is 12.5 Å². The lowest BCUT2D eigenvalue weighted by molar-refractivity contribution is -0.359. The van der Waals surface area contributed by atoms with Crippen LogP contribution < -0.4 is 5.32 Å². The van der Waals surface area contributed by atoms with Gasteiger partial charge < -0.3 is 65.1 Å². The molecule has 12 unspecified atom stereocenters. The van der Waals surface area contributed by atoms with Crippen LogP contribution in [0.1, 0.15) is 213 Å². The Labute approximate surface area is 381 Å². The number of carbonyl (C=O) groups excluding carboxylic acids is 1. The molecule has 0 aromatic heterocycles. The van der Waals surface area contributed by atoms with Gasteiger partial charge in [-0.05, 0) is 12.8 Å². The number of hydrogen-bond acceptors (Lipinski definition) is 13. The summed E-state index contributed by atoms with van der Waals surface area (Å²) < 4.78 is 22.6. The Bertz CT molecular complexity index is 1070. The first-order chi connectivity index (χ1) is 30.6. The van der Waals surface area contributed by atoms with Crippen LogP contribution in [0, 0.1) is 0 Å². The van der Waals surface area contributed by atoms with Gasteiger partial charge in [0.25, 0.3) is 0 Å². The van der Waals surface area contributed by atoms with Gasteiger partial charge in [0.15, 0.2) is 12.6 Å². The lowest BCUT2D eigenvalue weighted by Crippen LogP contribution is -2.65. The molecule has 12 atom stereocenters. The number of hydrogen-bond donors (Lipinski definition) is 9. The van der Waals surface area contributed by atoms with Crippen molar-refractivity contribution in [1.29, 1.82) is 0 Å². The maximum absolute atomic E-state index is 12.9. The standard InChI is InChI=1S/C49H95NO13/c1-3-5-7-9-10-11-12-13-14-15-16-17-18-19-20-21-22-23-24-25-26-27-28-29-30-32-38(53)37(50-41(54)33-31-8-6-4-2)36-60-48-46(59)44(57)47(40(35-52)62-48)63-49-45(58)43(56)42(55)39(34-51)61-49/h37-40,42-49,51-53,55-59H,3-36H2,1-2H3,(H,50,54). The molecule has 0 aromatic rings. The van der Waals surface area contributed by atoms with Gasteiger partial charge in [0.05, 0.1) is 32.0 Å². The molecule has 9 N–H and O–H groups in total. The van der Waals surface area contributed by atoms with E-state index < -0.39 is 86.8 Å². The number of amides is 1. The minimum atomic E-state index is -1.78. The summed E-state index contributed by atoms with van der Waals surface area (Å²) >= 11 is 0. The van der Waals surface area contributed by atoms with Crippen LogP contribution in [0.15, 0.2) is 0 Å². The molecule has 0 aromatic carbocycles. The van der Waals surface area contributed by atoms with Gasteiger partial charge >= 0.3 is 0 Å². The van der Waals surface area contributed by atoms with E-state index in [1.54, 1.807) is 0 Å². The molecule has 2 aliphatic heterocycles. The van der Waals surface area contributed by atoms with Crippen LogP contribution in [0.3, 0.4) is 0 Å². The Balaban J connectivity index is 1.64. The van der Waals surface area contributed by atoms with Crippen molar-refractivity contribution >= 4 is 5.91 Å². The molecule has 374 valence electrons. The molecule has 14 heteroatoms. The number of nitrogens with one attached hydrogen (secondary N) is 1. The van der Waals surface area contributed by atoms with Crippen LogP contribution in [-0.2, 0) is 23.7 Å². The first kappa shape index (κ1) is 58.1. The highest BCUT2D eigenvalue weighted by atomic mass is 16.7. The third-order valence-electron chi connectivity index (χ3n) is 13.1. The molecule has 1 amide bonds.